The maximum Gasteiger partial charge on any atom is 0.227 e. The lowest BCUT2D eigenvalue weighted by atomic mass is 10.1. The number of anilines is 1. The van der Waals surface area contributed by atoms with E-state index in [0.29, 0.717) is 19.5 Å². The molecule has 120 valence electrons. The molecule has 1 saturated heterocycles. The highest BCUT2D eigenvalue weighted by atomic mass is 19.1. The summed E-state index contributed by atoms with van der Waals surface area (Å²) in [7, 11) is 0. The van der Waals surface area contributed by atoms with Crippen LogP contribution in [0.15, 0.2) is 48.5 Å². The molecule has 1 amide bonds. The van der Waals surface area contributed by atoms with Gasteiger partial charge in [-0.15, -0.1) is 0 Å². The number of benzene rings is 2. The third-order valence-corrected chi connectivity index (χ3v) is 4.12. The second-order valence-electron chi connectivity index (χ2n) is 5.69. The van der Waals surface area contributed by atoms with Gasteiger partial charge in [-0.25, -0.2) is 4.39 Å². The number of carbonyl (C=O) groups excluding carboxylic acids is 1. The van der Waals surface area contributed by atoms with Gasteiger partial charge in [0.15, 0.2) is 0 Å². The van der Waals surface area contributed by atoms with Crippen molar-refractivity contribution in [2.24, 2.45) is 0 Å². The van der Waals surface area contributed by atoms with Crippen LogP contribution in [0.25, 0.3) is 0 Å². The van der Waals surface area contributed by atoms with Crippen molar-refractivity contribution in [3.63, 3.8) is 0 Å². The van der Waals surface area contributed by atoms with Crippen LogP contribution < -0.4 is 4.90 Å². The monoisotopic (exact) mass is 314 g/mol. The second kappa shape index (κ2) is 6.69. The fourth-order valence-corrected chi connectivity index (χ4v) is 2.77. The molecular formula is C18H19FN2O2. The highest BCUT2D eigenvalue weighted by molar-refractivity contribution is 5.79. The zero-order chi connectivity index (χ0) is 16.2. The molecular weight excluding hydrogens is 295 g/mol. The van der Waals surface area contributed by atoms with Crippen LogP contribution in [-0.2, 0) is 11.2 Å². The Morgan fingerprint density at radius 2 is 1.57 bits per heavy atom. The molecule has 23 heavy (non-hydrogen) atoms. The molecule has 4 nitrogen and oxygen atoms in total. The van der Waals surface area contributed by atoms with E-state index in [4.69, 9.17) is 0 Å². The number of carbonyl (C=O) groups is 1. The summed E-state index contributed by atoms with van der Waals surface area (Å²) in [5.74, 6) is 0.0556. The summed E-state index contributed by atoms with van der Waals surface area (Å²) in [6, 6.07) is 13.2. The van der Waals surface area contributed by atoms with Gasteiger partial charge in [0.05, 0.1) is 6.42 Å². The molecule has 0 atom stereocenters. The second-order valence-corrected chi connectivity index (χ2v) is 5.69. The number of phenolic OH excluding ortho intramolecular Hbond substituents is 1. The van der Waals surface area contributed by atoms with Crippen LogP contribution in [0.3, 0.4) is 0 Å². The van der Waals surface area contributed by atoms with Gasteiger partial charge >= 0.3 is 0 Å². The molecule has 1 N–H and O–H groups in total. The van der Waals surface area contributed by atoms with E-state index in [-0.39, 0.29) is 17.5 Å². The molecule has 0 aliphatic carbocycles. The van der Waals surface area contributed by atoms with Gasteiger partial charge < -0.3 is 14.9 Å². The first-order chi connectivity index (χ1) is 11.1. The molecule has 1 aliphatic rings. The first-order valence-corrected chi connectivity index (χ1v) is 7.68. The van der Waals surface area contributed by atoms with Gasteiger partial charge in [-0.3, -0.25) is 4.79 Å². The van der Waals surface area contributed by atoms with Gasteiger partial charge in [-0.05, 0) is 42.0 Å². The Morgan fingerprint density at radius 1 is 0.957 bits per heavy atom. The number of rotatable bonds is 3. The van der Waals surface area contributed by atoms with Crippen LogP contribution in [0.5, 0.6) is 5.75 Å². The molecule has 0 unspecified atom stereocenters. The van der Waals surface area contributed by atoms with E-state index in [1.807, 2.05) is 4.90 Å². The van der Waals surface area contributed by atoms with Gasteiger partial charge in [-0.1, -0.05) is 12.1 Å². The van der Waals surface area contributed by atoms with Crippen molar-refractivity contribution < 1.29 is 14.3 Å². The van der Waals surface area contributed by atoms with E-state index in [2.05, 4.69) is 4.90 Å². The Kier molecular flexibility index (Phi) is 4.46. The first kappa shape index (κ1) is 15.3. The standard InChI is InChI=1S/C18H19FN2O2/c19-15-3-5-16(6-4-15)20-9-11-21(12-10-20)18(23)13-14-1-7-17(22)8-2-14/h1-8,22H,9-13H2. The predicted octanol–water partition coefficient (Wildman–Crippen LogP) is 2.42. The average Bonchev–Trinajstić information content (AvgIpc) is 2.58. The summed E-state index contributed by atoms with van der Waals surface area (Å²) in [6.45, 7) is 2.81. The zero-order valence-corrected chi connectivity index (χ0v) is 12.8. The Morgan fingerprint density at radius 3 is 2.17 bits per heavy atom. The summed E-state index contributed by atoms with van der Waals surface area (Å²) >= 11 is 0. The first-order valence-electron chi connectivity index (χ1n) is 7.68. The number of piperazine rings is 1. The third-order valence-electron chi connectivity index (χ3n) is 4.12. The van der Waals surface area contributed by atoms with Gasteiger partial charge in [0, 0.05) is 31.9 Å². The third kappa shape index (κ3) is 3.80. The van der Waals surface area contributed by atoms with Crippen LogP contribution in [0.4, 0.5) is 10.1 Å². The quantitative estimate of drug-likeness (QED) is 0.946. The fourth-order valence-electron chi connectivity index (χ4n) is 2.77. The molecule has 0 saturated carbocycles. The van der Waals surface area contributed by atoms with E-state index in [9.17, 15) is 14.3 Å². The molecule has 2 aromatic carbocycles. The van der Waals surface area contributed by atoms with Crippen molar-refractivity contribution >= 4 is 11.6 Å². The smallest absolute Gasteiger partial charge is 0.227 e. The zero-order valence-electron chi connectivity index (χ0n) is 12.8. The average molecular weight is 314 g/mol. The lowest BCUT2D eigenvalue weighted by molar-refractivity contribution is -0.130. The van der Waals surface area contributed by atoms with Crippen molar-refractivity contribution in [2.75, 3.05) is 31.1 Å². The molecule has 2 aromatic rings. The SMILES string of the molecule is O=C(Cc1ccc(O)cc1)N1CCN(c2ccc(F)cc2)CC1. The molecule has 0 bridgehead atoms. The Balaban J connectivity index is 1.54. The van der Waals surface area contributed by atoms with Crippen LogP contribution in [-0.4, -0.2) is 42.1 Å². The largest absolute Gasteiger partial charge is 0.508 e. The van der Waals surface area contributed by atoms with Crippen molar-refractivity contribution in [1.29, 1.82) is 0 Å². The fraction of sp³-hybridized carbons (Fsp3) is 0.278. The maximum atomic E-state index is 13.0. The van der Waals surface area contributed by atoms with Crippen molar-refractivity contribution in [2.45, 2.75) is 6.42 Å². The van der Waals surface area contributed by atoms with Gasteiger partial charge in [0.25, 0.3) is 0 Å². The normalized spacial score (nSPS) is 14.8. The van der Waals surface area contributed by atoms with E-state index in [1.165, 1.54) is 12.1 Å². The number of phenols is 1. The lowest BCUT2D eigenvalue weighted by Gasteiger charge is -2.36. The van der Waals surface area contributed by atoms with Crippen LogP contribution in [0, 0.1) is 5.82 Å². The lowest BCUT2D eigenvalue weighted by Crippen LogP contribution is -2.49. The number of hydrogen-bond acceptors (Lipinski definition) is 3. The van der Waals surface area contributed by atoms with Crippen molar-refractivity contribution in [3.8, 4) is 5.75 Å². The summed E-state index contributed by atoms with van der Waals surface area (Å²) < 4.78 is 13.0. The number of halogens is 1. The number of aromatic hydroxyl groups is 1. The minimum absolute atomic E-state index is 0.0921. The van der Waals surface area contributed by atoms with E-state index >= 15 is 0 Å². The van der Waals surface area contributed by atoms with Crippen molar-refractivity contribution in [3.05, 3.63) is 59.9 Å². The Labute approximate surface area is 134 Å². The molecule has 0 aromatic heterocycles. The summed E-state index contributed by atoms with van der Waals surface area (Å²) in [4.78, 5) is 16.3. The summed E-state index contributed by atoms with van der Waals surface area (Å²) in [6.07, 6.45) is 0.344. The molecule has 0 radical (unpaired) electrons. The maximum absolute atomic E-state index is 13.0. The Bertz CT molecular complexity index is 662. The topological polar surface area (TPSA) is 43.8 Å². The van der Waals surface area contributed by atoms with Gasteiger partial charge in [0.2, 0.25) is 5.91 Å². The van der Waals surface area contributed by atoms with E-state index in [0.717, 1.165) is 24.3 Å². The summed E-state index contributed by atoms with van der Waals surface area (Å²) in [5, 5.41) is 9.27. The highest BCUT2D eigenvalue weighted by Gasteiger charge is 2.21. The molecule has 5 heteroatoms. The molecule has 0 spiro atoms. The van der Waals surface area contributed by atoms with E-state index < -0.39 is 0 Å². The number of amides is 1. The number of nitrogens with zero attached hydrogens (tertiary/aromatic N) is 2. The molecule has 1 fully saturated rings. The summed E-state index contributed by atoms with van der Waals surface area (Å²) in [5.41, 5.74) is 1.88. The molecule has 1 aliphatic heterocycles. The highest BCUT2D eigenvalue weighted by Crippen LogP contribution is 2.17. The Hall–Kier alpha value is -2.56. The molecule has 1 heterocycles. The number of hydrogen-bond donors (Lipinski definition) is 1. The predicted molar refractivity (Wildman–Crippen MR) is 87.0 cm³/mol. The van der Waals surface area contributed by atoms with Crippen LogP contribution >= 0.6 is 0 Å². The van der Waals surface area contributed by atoms with Crippen LogP contribution in [0.2, 0.25) is 0 Å². The molecule has 3 rings (SSSR count). The van der Waals surface area contributed by atoms with Gasteiger partial charge in [0.1, 0.15) is 11.6 Å². The van der Waals surface area contributed by atoms with E-state index in [1.54, 1.807) is 36.4 Å². The minimum atomic E-state index is -0.239. The van der Waals surface area contributed by atoms with Crippen LogP contribution in [0.1, 0.15) is 5.56 Å². The van der Waals surface area contributed by atoms with Gasteiger partial charge in [-0.2, -0.15) is 0 Å². The minimum Gasteiger partial charge on any atom is -0.508 e. The van der Waals surface area contributed by atoms with Crippen molar-refractivity contribution in [1.82, 2.24) is 4.90 Å².